The highest BCUT2D eigenvalue weighted by molar-refractivity contribution is 6.33. The van der Waals surface area contributed by atoms with Crippen LogP contribution >= 0.6 is 23.2 Å². The lowest BCUT2D eigenvalue weighted by Gasteiger charge is -2.50. The topological polar surface area (TPSA) is 146 Å². The number of benzene rings is 4. The van der Waals surface area contributed by atoms with E-state index in [0.29, 0.717) is 50.1 Å². The van der Waals surface area contributed by atoms with Gasteiger partial charge in [-0.2, -0.15) is 18.2 Å². The number of anilines is 2. The van der Waals surface area contributed by atoms with E-state index in [1.807, 2.05) is 6.08 Å². The molecule has 11 nitrogen and oxygen atoms in total. The van der Waals surface area contributed by atoms with E-state index in [0.717, 1.165) is 4.90 Å². The fraction of sp³-hybridized carbons (Fsp3) is 0.217. The molecule has 3 heterocycles. The number of fused-ring (bicyclic) bond motifs is 4. The Morgan fingerprint density at radius 3 is 2.21 bits per heavy atom. The van der Waals surface area contributed by atoms with Crippen LogP contribution in [0, 0.1) is 23.7 Å². The number of hydrazine groups is 1. The molecule has 0 spiro atoms. The first-order valence-corrected chi connectivity index (χ1v) is 20.2. The highest BCUT2D eigenvalue weighted by atomic mass is 35.5. The molecule has 0 radical (unpaired) electrons. The number of methoxy groups -OCH3 is 1. The molecule has 2 N–H and O–H groups in total. The predicted octanol–water partition coefficient (Wildman–Crippen LogP) is 8.54. The predicted molar refractivity (Wildman–Crippen MR) is 220 cm³/mol. The number of phenolic OH excluding ortho intramolecular Hbond substituents is 1. The second-order valence-electron chi connectivity index (χ2n) is 15.6. The molecule has 1 saturated carbocycles. The van der Waals surface area contributed by atoms with Gasteiger partial charge in [0.15, 0.2) is 23.1 Å². The van der Waals surface area contributed by atoms with Crippen molar-refractivity contribution in [1.82, 2.24) is 9.99 Å². The van der Waals surface area contributed by atoms with E-state index in [9.17, 15) is 37.5 Å². The minimum absolute atomic E-state index is 0.0946. The molecule has 5 aromatic rings. The molecular weight excluding hydrogens is 848 g/mol. The van der Waals surface area contributed by atoms with E-state index < -0.39 is 81.2 Å². The third kappa shape index (κ3) is 6.34. The van der Waals surface area contributed by atoms with Crippen molar-refractivity contribution >= 4 is 64.1 Å². The largest absolute Gasteiger partial charge is 0.504 e. The third-order valence-corrected chi connectivity index (χ3v) is 13.1. The van der Waals surface area contributed by atoms with Crippen LogP contribution in [0.2, 0.25) is 10.0 Å². The van der Waals surface area contributed by atoms with Crippen LogP contribution in [0.15, 0.2) is 121 Å². The van der Waals surface area contributed by atoms with Crippen molar-refractivity contribution in [2.75, 3.05) is 17.4 Å². The maximum absolute atomic E-state index is 15.4. The molecule has 2 saturated heterocycles. The highest BCUT2D eigenvalue weighted by Crippen LogP contribution is 2.64. The van der Waals surface area contributed by atoms with Gasteiger partial charge in [-0.1, -0.05) is 83.4 Å². The minimum atomic E-state index is -4.78. The number of rotatable bonds is 8. The zero-order chi connectivity index (χ0) is 43.8. The number of phenols is 1. The average Bonchev–Trinajstić information content (AvgIpc) is 3.64. The monoisotopic (exact) mass is 880 g/mol. The normalized spacial score (nSPS) is 24.4. The molecule has 4 aliphatic rings. The fourth-order valence-electron chi connectivity index (χ4n) is 9.82. The van der Waals surface area contributed by atoms with Gasteiger partial charge >= 0.3 is 6.18 Å². The standard InChI is InChI=1S/C46H33Cl2F3N4O7/c1-62-36-18-9-25(19-35(36)56)38-30-16-17-31-37(43(60)54(41(31)58)29-14-7-24(8-15-29)39(57)23-5-3-2-4-6-23)32(30)21-33-42(59)55(44(61)45(33,38)26-10-12-28(47)13-11-26)53-40-34(48)20-27(22-52-40)46(49,50)51/h2-16,18-20,22,31-33,37-38,56H,17,21H2,1H3,(H,52,53)/t31-,32+,33-,37-,38-,45+/m0/s1. The number of carbonyl (C=O) groups excluding carboxylic acids is 5. The van der Waals surface area contributed by atoms with E-state index in [4.69, 9.17) is 27.9 Å². The van der Waals surface area contributed by atoms with Gasteiger partial charge in [0.05, 0.1) is 46.6 Å². The van der Waals surface area contributed by atoms with Crippen molar-refractivity contribution in [2.24, 2.45) is 23.7 Å². The second kappa shape index (κ2) is 15.1. The van der Waals surface area contributed by atoms with E-state index in [-0.39, 0.29) is 35.8 Å². The number of carbonyl (C=O) groups is 5. The molecule has 62 heavy (non-hydrogen) atoms. The summed E-state index contributed by atoms with van der Waals surface area (Å²) in [6.45, 7) is 0. The molecular formula is C46H33Cl2F3N4O7. The molecule has 2 aliphatic heterocycles. The van der Waals surface area contributed by atoms with Crippen molar-refractivity contribution in [1.29, 1.82) is 0 Å². The molecule has 0 bridgehead atoms. The number of allylic oxidation sites excluding steroid dienone is 2. The number of pyridine rings is 1. The molecule has 16 heteroatoms. The molecule has 4 aromatic carbocycles. The third-order valence-electron chi connectivity index (χ3n) is 12.5. The van der Waals surface area contributed by atoms with E-state index in [1.165, 1.54) is 31.4 Å². The fourth-order valence-corrected chi connectivity index (χ4v) is 10.2. The van der Waals surface area contributed by atoms with Gasteiger partial charge < -0.3 is 9.84 Å². The van der Waals surface area contributed by atoms with E-state index in [2.05, 4.69) is 10.4 Å². The van der Waals surface area contributed by atoms with Crippen molar-refractivity contribution < 1.29 is 47.0 Å². The number of aromatic hydroxyl groups is 1. The highest BCUT2D eigenvalue weighted by Gasteiger charge is 2.70. The van der Waals surface area contributed by atoms with Crippen molar-refractivity contribution in [3.8, 4) is 11.5 Å². The summed E-state index contributed by atoms with van der Waals surface area (Å²) in [5.74, 6) is -8.32. The summed E-state index contributed by atoms with van der Waals surface area (Å²) in [6, 6.07) is 26.3. The van der Waals surface area contributed by atoms with Crippen LogP contribution in [-0.2, 0) is 30.8 Å². The zero-order valence-electron chi connectivity index (χ0n) is 32.4. The van der Waals surface area contributed by atoms with Crippen LogP contribution in [0.4, 0.5) is 24.7 Å². The summed E-state index contributed by atoms with van der Waals surface area (Å²) in [7, 11) is 1.37. The van der Waals surface area contributed by atoms with Gasteiger partial charge in [-0.05, 0) is 84.5 Å². The van der Waals surface area contributed by atoms with Crippen LogP contribution in [0.3, 0.4) is 0 Å². The van der Waals surface area contributed by atoms with Crippen LogP contribution in [0.5, 0.6) is 11.5 Å². The van der Waals surface area contributed by atoms with Crippen LogP contribution < -0.4 is 15.1 Å². The number of aromatic nitrogens is 1. The molecule has 314 valence electrons. The lowest BCUT2D eigenvalue weighted by molar-refractivity contribution is -0.139. The first kappa shape index (κ1) is 40.9. The molecule has 3 fully saturated rings. The number of hydrogen-bond acceptors (Lipinski definition) is 9. The SMILES string of the molecule is COc1ccc([C@H]2C3=CC[C@@H]4C(=O)N(c5ccc(C(=O)c6ccccc6)cc5)C(=O)[C@@H]4[C@@H]3C[C@H]3C(=O)N(Nc4ncc(C(F)(F)F)cc4Cl)C(=O)[C@@]23c2ccc(Cl)cc2)cc1O. The second-order valence-corrected chi connectivity index (χ2v) is 16.4. The Hall–Kier alpha value is -6.51. The van der Waals surface area contributed by atoms with Crippen LogP contribution in [-0.4, -0.2) is 51.6 Å². The van der Waals surface area contributed by atoms with Crippen molar-refractivity contribution in [3.05, 3.63) is 159 Å². The van der Waals surface area contributed by atoms with Crippen molar-refractivity contribution in [2.45, 2.75) is 30.4 Å². The lowest BCUT2D eigenvalue weighted by Crippen LogP contribution is -2.53. The number of ketones is 1. The Bertz CT molecular complexity index is 2730. The molecule has 6 atom stereocenters. The maximum Gasteiger partial charge on any atom is 0.417 e. The molecule has 4 amide bonds. The van der Waals surface area contributed by atoms with Crippen LogP contribution in [0.25, 0.3) is 0 Å². The number of alkyl halides is 3. The Balaban J connectivity index is 1.16. The first-order valence-electron chi connectivity index (χ1n) is 19.4. The number of nitrogens with one attached hydrogen (secondary N) is 1. The van der Waals surface area contributed by atoms with E-state index in [1.54, 1.807) is 72.8 Å². The number of hydrogen-bond donors (Lipinski definition) is 2. The van der Waals surface area contributed by atoms with Gasteiger partial charge in [0.1, 0.15) is 0 Å². The number of ether oxygens (including phenoxy) is 1. The summed E-state index contributed by atoms with van der Waals surface area (Å²) >= 11 is 12.6. The zero-order valence-corrected chi connectivity index (χ0v) is 33.9. The minimum Gasteiger partial charge on any atom is -0.504 e. The Labute approximate surface area is 361 Å². The Morgan fingerprint density at radius 2 is 1.56 bits per heavy atom. The van der Waals surface area contributed by atoms with Crippen molar-refractivity contribution in [3.63, 3.8) is 0 Å². The smallest absolute Gasteiger partial charge is 0.417 e. The molecule has 0 unspecified atom stereocenters. The molecule has 9 rings (SSSR count). The van der Waals surface area contributed by atoms with Gasteiger partial charge in [0, 0.05) is 28.3 Å². The number of halogens is 5. The Morgan fingerprint density at radius 1 is 0.871 bits per heavy atom. The quantitative estimate of drug-likeness (QED) is 0.0890. The van der Waals surface area contributed by atoms with E-state index >= 15 is 4.79 Å². The van der Waals surface area contributed by atoms with Gasteiger partial charge in [-0.3, -0.25) is 34.3 Å². The summed E-state index contributed by atoms with van der Waals surface area (Å²) < 4.78 is 46.0. The van der Waals surface area contributed by atoms with Gasteiger partial charge in [-0.25, -0.2) is 4.98 Å². The number of nitrogens with zero attached hydrogens (tertiary/aromatic N) is 3. The molecule has 1 aromatic heterocycles. The average molecular weight is 882 g/mol. The summed E-state index contributed by atoms with van der Waals surface area (Å²) in [6.07, 6.45) is -2.45. The summed E-state index contributed by atoms with van der Waals surface area (Å²) in [5.41, 5.74) is 2.02. The summed E-state index contributed by atoms with van der Waals surface area (Å²) in [5, 5.41) is 11.7. The Kier molecular flexibility index (Phi) is 9.98. The van der Waals surface area contributed by atoms with Gasteiger partial charge in [-0.15, -0.1) is 0 Å². The maximum atomic E-state index is 15.4. The van der Waals surface area contributed by atoms with Gasteiger partial charge in [0.2, 0.25) is 11.8 Å². The number of imide groups is 2. The lowest BCUT2D eigenvalue weighted by atomic mass is 9.49. The van der Waals surface area contributed by atoms with Crippen LogP contribution in [0.1, 0.15) is 51.4 Å². The summed E-state index contributed by atoms with van der Waals surface area (Å²) in [4.78, 5) is 77.5. The number of amides is 4. The van der Waals surface area contributed by atoms with Gasteiger partial charge in [0.25, 0.3) is 11.8 Å². The molecule has 2 aliphatic carbocycles. The first-order chi connectivity index (χ1) is 29.6.